The van der Waals surface area contributed by atoms with Crippen LogP contribution in [0.3, 0.4) is 0 Å². The molecule has 0 radical (unpaired) electrons. The zero-order valence-electron chi connectivity index (χ0n) is 13.2. The minimum atomic E-state index is -2.93. The molecule has 1 aliphatic carbocycles. The molecule has 6 heteroatoms. The van der Waals surface area contributed by atoms with Crippen molar-refractivity contribution in [2.24, 2.45) is 11.8 Å². The molecule has 0 bridgehead atoms. The highest BCUT2D eigenvalue weighted by molar-refractivity contribution is 7.91. The number of anilines is 1. The van der Waals surface area contributed by atoms with Crippen molar-refractivity contribution >= 4 is 15.7 Å². The van der Waals surface area contributed by atoms with Crippen LogP contribution >= 0.6 is 0 Å². The Morgan fingerprint density at radius 2 is 2.10 bits per heavy atom. The molecular formula is C15H27N3O2S. The molecular weight excluding hydrogens is 286 g/mol. The summed E-state index contributed by atoms with van der Waals surface area (Å²) in [6, 6.07) is 2.42. The van der Waals surface area contributed by atoms with Crippen LogP contribution in [0.25, 0.3) is 0 Å². The van der Waals surface area contributed by atoms with Gasteiger partial charge in [0.15, 0.2) is 9.84 Å². The molecule has 1 aromatic rings. The number of sulfone groups is 1. The average molecular weight is 313 g/mol. The van der Waals surface area contributed by atoms with Crippen molar-refractivity contribution in [3.8, 4) is 0 Å². The van der Waals surface area contributed by atoms with Crippen molar-refractivity contribution in [2.45, 2.75) is 52.6 Å². The fourth-order valence-electron chi connectivity index (χ4n) is 2.83. The van der Waals surface area contributed by atoms with Gasteiger partial charge in [0.2, 0.25) is 0 Å². The van der Waals surface area contributed by atoms with E-state index in [2.05, 4.69) is 24.3 Å². The Kier molecular flexibility index (Phi) is 5.30. The van der Waals surface area contributed by atoms with Crippen LogP contribution in [0, 0.1) is 11.8 Å². The van der Waals surface area contributed by atoms with Gasteiger partial charge in [-0.3, -0.25) is 4.68 Å². The molecule has 0 saturated heterocycles. The van der Waals surface area contributed by atoms with Crippen LogP contribution in [-0.4, -0.2) is 35.7 Å². The van der Waals surface area contributed by atoms with Crippen LogP contribution in [0.2, 0.25) is 0 Å². The SMILES string of the molecule is CCS(=O)(=O)CCn1ccc(N[C@@H]2CC[C@H](C)[C@H](C)C2)n1. The number of rotatable bonds is 6. The maximum Gasteiger partial charge on any atom is 0.151 e. The van der Waals surface area contributed by atoms with Crippen LogP contribution in [0.5, 0.6) is 0 Å². The number of hydrogen-bond acceptors (Lipinski definition) is 4. The van der Waals surface area contributed by atoms with Crippen molar-refractivity contribution in [3.63, 3.8) is 0 Å². The van der Waals surface area contributed by atoms with E-state index >= 15 is 0 Å². The molecule has 1 N–H and O–H groups in total. The number of aromatic nitrogens is 2. The summed E-state index contributed by atoms with van der Waals surface area (Å²) in [6.45, 7) is 6.74. The predicted molar refractivity (Wildman–Crippen MR) is 86.1 cm³/mol. The zero-order chi connectivity index (χ0) is 15.5. The molecule has 1 saturated carbocycles. The van der Waals surface area contributed by atoms with Crippen LogP contribution in [0.1, 0.15) is 40.0 Å². The minimum absolute atomic E-state index is 0.155. The van der Waals surface area contributed by atoms with Gasteiger partial charge in [0.05, 0.1) is 12.3 Å². The Bertz CT molecular complexity index is 553. The van der Waals surface area contributed by atoms with Crippen LogP contribution < -0.4 is 5.32 Å². The van der Waals surface area contributed by atoms with E-state index in [9.17, 15) is 8.42 Å². The van der Waals surface area contributed by atoms with E-state index in [1.165, 1.54) is 19.3 Å². The Morgan fingerprint density at radius 1 is 1.33 bits per heavy atom. The molecule has 3 atom stereocenters. The summed E-state index contributed by atoms with van der Waals surface area (Å²) in [6.07, 6.45) is 5.47. The third kappa shape index (κ3) is 4.73. The maximum atomic E-state index is 11.5. The molecule has 0 unspecified atom stereocenters. The van der Waals surface area contributed by atoms with Gasteiger partial charge >= 0.3 is 0 Å². The molecule has 1 fully saturated rings. The maximum absolute atomic E-state index is 11.5. The first kappa shape index (κ1) is 16.3. The predicted octanol–water partition coefficient (Wildman–Crippen LogP) is 2.55. The molecule has 0 aromatic carbocycles. The summed E-state index contributed by atoms with van der Waals surface area (Å²) in [5.41, 5.74) is 0. The Labute approximate surface area is 128 Å². The molecule has 1 aromatic heterocycles. The monoisotopic (exact) mass is 313 g/mol. The van der Waals surface area contributed by atoms with Crippen molar-refractivity contribution in [1.29, 1.82) is 0 Å². The van der Waals surface area contributed by atoms with Crippen LogP contribution in [-0.2, 0) is 16.4 Å². The topological polar surface area (TPSA) is 64.0 Å². The lowest BCUT2D eigenvalue weighted by atomic mass is 9.79. The third-order valence-electron chi connectivity index (χ3n) is 4.66. The Morgan fingerprint density at radius 3 is 2.76 bits per heavy atom. The van der Waals surface area contributed by atoms with Gasteiger partial charge in [0, 0.05) is 24.1 Å². The molecule has 2 rings (SSSR count). The molecule has 1 heterocycles. The highest BCUT2D eigenvalue weighted by atomic mass is 32.2. The summed E-state index contributed by atoms with van der Waals surface area (Å²) in [5.74, 6) is 2.75. The number of nitrogens with one attached hydrogen (secondary N) is 1. The van der Waals surface area contributed by atoms with E-state index in [0.717, 1.165) is 17.7 Å². The second-order valence-electron chi connectivity index (χ2n) is 6.31. The highest BCUT2D eigenvalue weighted by Crippen LogP contribution is 2.30. The molecule has 21 heavy (non-hydrogen) atoms. The quantitative estimate of drug-likeness (QED) is 0.876. The summed E-state index contributed by atoms with van der Waals surface area (Å²) < 4.78 is 24.7. The number of aryl methyl sites for hydroxylation is 1. The van der Waals surface area contributed by atoms with Gasteiger partial charge < -0.3 is 5.32 Å². The molecule has 0 spiro atoms. The average Bonchev–Trinajstić information content (AvgIpc) is 2.89. The van der Waals surface area contributed by atoms with Gasteiger partial charge in [-0.25, -0.2) is 8.42 Å². The standard InChI is InChI=1S/C15H27N3O2S/c1-4-21(19,20)10-9-18-8-7-15(17-18)16-14-6-5-12(2)13(3)11-14/h7-8,12-14H,4-6,9-11H2,1-3H3,(H,16,17)/t12-,13+,14+/m0/s1. The second kappa shape index (κ2) is 6.81. The van der Waals surface area contributed by atoms with Crippen LogP contribution in [0.4, 0.5) is 5.82 Å². The van der Waals surface area contributed by atoms with Crippen LogP contribution in [0.15, 0.2) is 12.3 Å². The molecule has 1 aliphatic rings. The van der Waals surface area contributed by atoms with Crippen molar-refractivity contribution in [1.82, 2.24) is 9.78 Å². The largest absolute Gasteiger partial charge is 0.366 e. The molecule has 0 aliphatic heterocycles. The Balaban J connectivity index is 1.86. The van der Waals surface area contributed by atoms with Crippen molar-refractivity contribution in [2.75, 3.05) is 16.8 Å². The fraction of sp³-hybridized carbons (Fsp3) is 0.800. The normalized spacial score (nSPS) is 26.7. The van der Waals surface area contributed by atoms with Gasteiger partial charge in [-0.05, 0) is 31.1 Å². The van der Waals surface area contributed by atoms with Gasteiger partial charge in [0.1, 0.15) is 5.82 Å². The first-order valence-electron chi connectivity index (χ1n) is 7.90. The molecule has 120 valence electrons. The lowest BCUT2D eigenvalue weighted by molar-refractivity contribution is 0.260. The van der Waals surface area contributed by atoms with Gasteiger partial charge in [-0.2, -0.15) is 5.10 Å². The fourth-order valence-corrected chi connectivity index (χ4v) is 3.58. The van der Waals surface area contributed by atoms with Gasteiger partial charge in [0.25, 0.3) is 0 Å². The number of nitrogens with zero attached hydrogens (tertiary/aromatic N) is 2. The lowest BCUT2D eigenvalue weighted by Crippen LogP contribution is -2.30. The van der Waals surface area contributed by atoms with E-state index in [-0.39, 0.29) is 11.5 Å². The first-order chi connectivity index (χ1) is 9.89. The van der Waals surface area contributed by atoms with Gasteiger partial charge in [-0.1, -0.05) is 20.8 Å². The third-order valence-corrected chi connectivity index (χ3v) is 6.35. The first-order valence-corrected chi connectivity index (χ1v) is 9.72. The summed E-state index contributed by atoms with van der Waals surface area (Å²) in [4.78, 5) is 0. The smallest absolute Gasteiger partial charge is 0.151 e. The van der Waals surface area contributed by atoms with Crippen molar-refractivity contribution in [3.05, 3.63) is 12.3 Å². The zero-order valence-corrected chi connectivity index (χ0v) is 14.1. The van der Waals surface area contributed by atoms with E-state index in [1.807, 2.05) is 12.3 Å². The molecule has 0 amide bonds. The highest BCUT2D eigenvalue weighted by Gasteiger charge is 2.24. The van der Waals surface area contributed by atoms with E-state index in [1.54, 1.807) is 11.6 Å². The van der Waals surface area contributed by atoms with Crippen molar-refractivity contribution < 1.29 is 8.42 Å². The summed E-state index contributed by atoms with van der Waals surface area (Å²) in [7, 11) is -2.93. The molecule has 5 nitrogen and oxygen atoms in total. The second-order valence-corrected chi connectivity index (χ2v) is 8.78. The van der Waals surface area contributed by atoms with E-state index in [4.69, 9.17) is 0 Å². The van der Waals surface area contributed by atoms with E-state index < -0.39 is 9.84 Å². The van der Waals surface area contributed by atoms with Gasteiger partial charge in [-0.15, -0.1) is 0 Å². The van der Waals surface area contributed by atoms with E-state index in [0.29, 0.717) is 12.6 Å². The summed E-state index contributed by atoms with van der Waals surface area (Å²) in [5, 5.41) is 7.91. The minimum Gasteiger partial charge on any atom is -0.366 e. The number of hydrogen-bond donors (Lipinski definition) is 1. The summed E-state index contributed by atoms with van der Waals surface area (Å²) >= 11 is 0. The Hall–Kier alpha value is -1.04. The lowest BCUT2D eigenvalue weighted by Gasteiger charge is -2.32.